The lowest BCUT2D eigenvalue weighted by molar-refractivity contribution is 0.587. The largest absolute Gasteiger partial charge is 0.305 e. The maximum atomic E-state index is 5.87. The van der Waals surface area contributed by atoms with E-state index in [1.54, 1.807) is 22.7 Å². The summed E-state index contributed by atoms with van der Waals surface area (Å²) in [7, 11) is 0. The quantitative estimate of drug-likeness (QED) is 0.861. The fraction of sp³-hybridized carbons (Fsp3) is 0.273. The molecule has 0 aliphatic carbocycles. The molecule has 4 heteroatoms. The van der Waals surface area contributed by atoms with Crippen molar-refractivity contribution < 1.29 is 0 Å². The van der Waals surface area contributed by atoms with E-state index in [0.717, 1.165) is 10.9 Å². The van der Waals surface area contributed by atoms with Crippen molar-refractivity contribution in [3.8, 4) is 0 Å². The van der Waals surface area contributed by atoms with E-state index in [1.807, 2.05) is 6.07 Å². The lowest BCUT2D eigenvalue weighted by Crippen LogP contribution is -2.16. The molecule has 0 radical (unpaired) electrons. The first-order valence-electron chi connectivity index (χ1n) is 4.76. The molecule has 80 valence electrons. The van der Waals surface area contributed by atoms with Gasteiger partial charge < -0.3 is 5.32 Å². The minimum Gasteiger partial charge on any atom is -0.305 e. The van der Waals surface area contributed by atoms with Crippen LogP contribution in [0.25, 0.3) is 0 Å². The number of thiophene rings is 2. The van der Waals surface area contributed by atoms with Crippen LogP contribution < -0.4 is 5.32 Å². The second-order valence-corrected chi connectivity index (χ2v) is 6.10. The normalized spacial score (nSPS) is 12.9. The van der Waals surface area contributed by atoms with Crippen LogP contribution in [0, 0.1) is 0 Å². The van der Waals surface area contributed by atoms with Crippen LogP contribution in [0.5, 0.6) is 0 Å². The Labute approximate surface area is 103 Å². The molecule has 0 bridgehead atoms. The molecule has 0 fully saturated rings. The second kappa shape index (κ2) is 5.12. The molecule has 0 unspecified atom stereocenters. The van der Waals surface area contributed by atoms with Crippen LogP contribution in [-0.4, -0.2) is 0 Å². The molecule has 0 saturated carbocycles. The molecule has 0 aliphatic heterocycles. The van der Waals surface area contributed by atoms with Gasteiger partial charge in [0.1, 0.15) is 0 Å². The van der Waals surface area contributed by atoms with Gasteiger partial charge in [-0.15, -0.1) is 22.7 Å². The maximum Gasteiger partial charge on any atom is 0.0931 e. The molecule has 1 atom stereocenters. The average molecular weight is 258 g/mol. The molecule has 0 spiro atoms. The average Bonchev–Trinajstić information content (AvgIpc) is 2.84. The Morgan fingerprint density at radius 1 is 1.40 bits per heavy atom. The van der Waals surface area contributed by atoms with Crippen molar-refractivity contribution in [1.29, 1.82) is 0 Å². The molecule has 0 saturated heterocycles. The van der Waals surface area contributed by atoms with Gasteiger partial charge >= 0.3 is 0 Å². The number of halogens is 1. The number of nitrogens with one attached hydrogen (secondary N) is 1. The fourth-order valence-corrected chi connectivity index (χ4v) is 3.14. The monoisotopic (exact) mass is 257 g/mol. The summed E-state index contributed by atoms with van der Waals surface area (Å²) < 4.78 is 0.857. The van der Waals surface area contributed by atoms with Gasteiger partial charge in [0.05, 0.1) is 4.34 Å². The van der Waals surface area contributed by atoms with Gasteiger partial charge in [0.15, 0.2) is 0 Å². The molecule has 2 aromatic heterocycles. The van der Waals surface area contributed by atoms with Crippen molar-refractivity contribution in [1.82, 2.24) is 5.32 Å². The Hall–Kier alpha value is -0.350. The molecule has 1 nitrogen and oxygen atoms in total. The van der Waals surface area contributed by atoms with E-state index in [2.05, 4.69) is 35.8 Å². The number of hydrogen-bond donors (Lipinski definition) is 1. The van der Waals surface area contributed by atoms with Gasteiger partial charge in [-0.1, -0.05) is 17.7 Å². The summed E-state index contributed by atoms with van der Waals surface area (Å²) in [5.74, 6) is 0. The summed E-state index contributed by atoms with van der Waals surface area (Å²) in [5.41, 5.74) is 0. The third-order valence-corrected chi connectivity index (χ3v) is 4.47. The molecule has 1 N–H and O–H groups in total. The zero-order chi connectivity index (χ0) is 10.7. The number of hydrogen-bond acceptors (Lipinski definition) is 3. The molecule has 0 aromatic carbocycles. The SMILES string of the molecule is C[C@H](NCc1ccc(Cl)s1)c1cccs1. The topological polar surface area (TPSA) is 12.0 Å². The fourth-order valence-electron chi connectivity index (χ4n) is 1.34. The number of rotatable bonds is 4. The highest BCUT2D eigenvalue weighted by Gasteiger charge is 2.06. The molecule has 0 aliphatic rings. The van der Waals surface area contributed by atoms with E-state index in [4.69, 9.17) is 11.6 Å². The first-order chi connectivity index (χ1) is 7.25. The van der Waals surface area contributed by atoms with Gasteiger partial charge in [0, 0.05) is 22.3 Å². The van der Waals surface area contributed by atoms with Crippen LogP contribution in [0.4, 0.5) is 0 Å². The van der Waals surface area contributed by atoms with Crippen molar-refractivity contribution in [3.05, 3.63) is 43.7 Å². The third-order valence-electron chi connectivity index (χ3n) is 2.18. The van der Waals surface area contributed by atoms with E-state index in [-0.39, 0.29) is 0 Å². The summed E-state index contributed by atoms with van der Waals surface area (Å²) in [6.45, 7) is 3.07. The van der Waals surface area contributed by atoms with Crippen molar-refractivity contribution >= 4 is 34.3 Å². The van der Waals surface area contributed by atoms with Crippen molar-refractivity contribution in [2.45, 2.75) is 19.5 Å². The smallest absolute Gasteiger partial charge is 0.0931 e. The predicted octanol–water partition coefficient (Wildman–Crippen LogP) is 4.31. The van der Waals surface area contributed by atoms with E-state index < -0.39 is 0 Å². The van der Waals surface area contributed by atoms with Crippen LogP contribution >= 0.6 is 34.3 Å². The van der Waals surface area contributed by atoms with Gasteiger partial charge in [-0.05, 0) is 30.5 Å². The van der Waals surface area contributed by atoms with Crippen LogP contribution in [-0.2, 0) is 6.54 Å². The van der Waals surface area contributed by atoms with Gasteiger partial charge in [0.25, 0.3) is 0 Å². The van der Waals surface area contributed by atoms with Crippen molar-refractivity contribution in [2.24, 2.45) is 0 Å². The second-order valence-electron chi connectivity index (χ2n) is 3.32. The molecular formula is C11H12ClNS2. The molecule has 2 rings (SSSR count). The van der Waals surface area contributed by atoms with Gasteiger partial charge in [-0.3, -0.25) is 0 Å². The molecule has 0 amide bonds. The summed E-state index contributed by atoms with van der Waals surface area (Å²) in [4.78, 5) is 2.65. The molecule has 2 heterocycles. The lowest BCUT2D eigenvalue weighted by atomic mass is 10.3. The zero-order valence-corrected chi connectivity index (χ0v) is 10.8. The maximum absolute atomic E-state index is 5.87. The van der Waals surface area contributed by atoms with Gasteiger partial charge in [0.2, 0.25) is 0 Å². The van der Waals surface area contributed by atoms with E-state index in [9.17, 15) is 0 Å². The van der Waals surface area contributed by atoms with Crippen LogP contribution in [0.3, 0.4) is 0 Å². The Morgan fingerprint density at radius 2 is 2.27 bits per heavy atom. The summed E-state index contributed by atoms with van der Waals surface area (Å²) >= 11 is 9.29. The minimum absolute atomic E-state index is 0.408. The highest BCUT2D eigenvalue weighted by Crippen LogP contribution is 2.23. The Bertz CT molecular complexity index is 408. The van der Waals surface area contributed by atoms with Gasteiger partial charge in [-0.2, -0.15) is 0 Å². The first-order valence-corrected chi connectivity index (χ1v) is 6.84. The molecule has 15 heavy (non-hydrogen) atoms. The lowest BCUT2D eigenvalue weighted by Gasteiger charge is -2.10. The third kappa shape index (κ3) is 3.05. The summed E-state index contributed by atoms with van der Waals surface area (Å²) in [6.07, 6.45) is 0. The minimum atomic E-state index is 0.408. The molecular weight excluding hydrogens is 246 g/mol. The Balaban J connectivity index is 1.88. The van der Waals surface area contributed by atoms with Crippen LogP contribution in [0.2, 0.25) is 4.34 Å². The first kappa shape index (κ1) is 11.1. The highest BCUT2D eigenvalue weighted by molar-refractivity contribution is 7.16. The van der Waals surface area contributed by atoms with Crippen molar-refractivity contribution in [3.63, 3.8) is 0 Å². The standard InChI is InChI=1S/C11H12ClNS2/c1-8(10-3-2-6-14-10)13-7-9-4-5-11(12)15-9/h2-6,8,13H,7H2,1H3/t8-/m0/s1. The van der Waals surface area contributed by atoms with Crippen LogP contribution in [0.15, 0.2) is 29.6 Å². The molecule has 2 aromatic rings. The van der Waals surface area contributed by atoms with E-state index in [1.165, 1.54) is 9.75 Å². The zero-order valence-electron chi connectivity index (χ0n) is 8.37. The van der Waals surface area contributed by atoms with Gasteiger partial charge in [-0.25, -0.2) is 0 Å². The Morgan fingerprint density at radius 3 is 2.87 bits per heavy atom. The summed E-state index contributed by atoms with van der Waals surface area (Å²) in [6, 6.07) is 8.66. The Kier molecular flexibility index (Phi) is 3.81. The van der Waals surface area contributed by atoms with Crippen molar-refractivity contribution in [2.75, 3.05) is 0 Å². The highest BCUT2D eigenvalue weighted by atomic mass is 35.5. The summed E-state index contributed by atoms with van der Waals surface area (Å²) in [5, 5.41) is 5.58. The van der Waals surface area contributed by atoms with E-state index in [0.29, 0.717) is 6.04 Å². The predicted molar refractivity (Wildman–Crippen MR) is 68.9 cm³/mol. The van der Waals surface area contributed by atoms with Crippen LogP contribution in [0.1, 0.15) is 22.7 Å². The van der Waals surface area contributed by atoms with E-state index >= 15 is 0 Å².